The second-order valence-electron chi connectivity index (χ2n) is 8.93. The first-order chi connectivity index (χ1) is 19.7. The van der Waals surface area contributed by atoms with Gasteiger partial charge in [0.2, 0.25) is 0 Å². The first kappa shape index (κ1) is 27.6. The minimum Gasteiger partial charge on any atom is -0.493 e. The summed E-state index contributed by atoms with van der Waals surface area (Å²) in [5.41, 5.74) is 1.38. The number of nitrogens with zero attached hydrogens (tertiary/aromatic N) is 3. The number of nitro benzene ring substituents is 1. The van der Waals surface area contributed by atoms with Gasteiger partial charge in [-0.05, 0) is 43.7 Å². The van der Waals surface area contributed by atoms with E-state index < -0.39 is 16.9 Å². The molecule has 1 aliphatic heterocycles. The molecular formula is C29H25N3O8S. The largest absolute Gasteiger partial charge is 0.493 e. The second-order valence-corrected chi connectivity index (χ2v) is 9.94. The van der Waals surface area contributed by atoms with Gasteiger partial charge in [-0.15, -0.1) is 0 Å². The Bertz CT molecular complexity index is 1880. The third-order valence-electron chi connectivity index (χ3n) is 6.48. The Hall–Kier alpha value is -4.97. The fourth-order valence-electron chi connectivity index (χ4n) is 4.62. The Labute approximate surface area is 237 Å². The Morgan fingerprint density at radius 2 is 1.93 bits per heavy atom. The number of carbonyl (C=O) groups is 1. The number of methoxy groups -OCH3 is 2. The molecule has 0 aliphatic carbocycles. The summed E-state index contributed by atoms with van der Waals surface area (Å²) in [4.78, 5) is 42.6. The van der Waals surface area contributed by atoms with Gasteiger partial charge in [0.25, 0.3) is 11.2 Å². The number of benzene rings is 2. The highest BCUT2D eigenvalue weighted by atomic mass is 32.1. The van der Waals surface area contributed by atoms with Crippen molar-refractivity contribution >= 4 is 29.1 Å². The van der Waals surface area contributed by atoms with E-state index in [0.717, 1.165) is 11.3 Å². The number of ether oxygens (including phenoxy) is 3. The maximum Gasteiger partial charge on any atom is 0.338 e. The molecule has 3 heterocycles. The van der Waals surface area contributed by atoms with Gasteiger partial charge in [0.15, 0.2) is 16.3 Å². The van der Waals surface area contributed by atoms with E-state index in [9.17, 15) is 19.7 Å². The SMILES string of the molecule is CCOC(=O)C1=C(C)N=c2sc(=Cc3ccc(-c4cccc([N+](=O)[O-])c4)o3)c(=O)n2C1c1ccc(OC)c(OC)c1. The molecule has 0 radical (unpaired) electrons. The molecule has 0 saturated heterocycles. The van der Waals surface area contributed by atoms with Gasteiger partial charge in [0, 0.05) is 23.8 Å². The van der Waals surface area contributed by atoms with Crippen molar-refractivity contribution in [2.75, 3.05) is 20.8 Å². The van der Waals surface area contributed by atoms with Crippen LogP contribution in [0.3, 0.4) is 0 Å². The molecule has 0 saturated carbocycles. The van der Waals surface area contributed by atoms with Crippen LogP contribution in [0.4, 0.5) is 5.69 Å². The summed E-state index contributed by atoms with van der Waals surface area (Å²) in [6, 6.07) is 13.8. The number of aromatic nitrogens is 1. The average molecular weight is 576 g/mol. The zero-order valence-corrected chi connectivity index (χ0v) is 23.4. The fraction of sp³-hybridized carbons (Fsp3) is 0.207. The lowest BCUT2D eigenvalue weighted by molar-refractivity contribution is -0.384. The quantitative estimate of drug-likeness (QED) is 0.175. The highest BCUT2D eigenvalue weighted by Crippen LogP contribution is 2.36. The summed E-state index contributed by atoms with van der Waals surface area (Å²) in [5.74, 6) is 1.15. The predicted octanol–water partition coefficient (Wildman–Crippen LogP) is 3.98. The van der Waals surface area contributed by atoms with E-state index in [2.05, 4.69) is 4.99 Å². The molecule has 12 heteroatoms. The molecule has 41 heavy (non-hydrogen) atoms. The number of esters is 1. The van der Waals surface area contributed by atoms with Crippen LogP contribution in [0.2, 0.25) is 0 Å². The van der Waals surface area contributed by atoms with Crippen molar-refractivity contribution in [1.29, 1.82) is 0 Å². The molecule has 0 amide bonds. The number of carbonyl (C=O) groups excluding carboxylic acids is 1. The standard InChI is InChI=1S/C29H25N3O8S/c1-5-39-28(34)25-16(2)30-29-31(26(25)18-9-11-22(37-3)23(14-18)38-4)27(33)24(41-29)15-20-10-12-21(40-20)17-7-6-8-19(13-17)32(35)36/h6-15,26H,5H2,1-4H3. The van der Waals surface area contributed by atoms with Crippen LogP contribution >= 0.6 is 11.3 Å². The van der Waals surface area contributed by atoms with Crippen LogP contribution in [-0.4, -0.2) is 36.3 Å². The zero-order valence-electron chi connectivity index (χ0n) is 22.6. The lowest BCUT2D eigenvalue weighted by Gasteiger charge is -2.25. The summed E-state index contributed by atoms with van der Waals surface area (Å²) < 4.78 is 23.9. The summed E-state index contributed by atoms with van der Waals surface area (Å²) in [6.45, 7) is 3.57. The molecule has 11 nitrogen and oxygen atoms in total. The van der Waals surface area contributed by atoms with Gasteiger partial charge in [0.05, 0.1) is 47.6 Å². The molecule has 0 fully saturated rings. The Balaban J connectivity index is 1.64. The Kier molecular flexibility index (Phi) is 7.58. The van der Waals surface area contributed by atoms with Crippen LogP contribution in [0.1, 0.15) is 31.2 Å². The van der Waals surface area contributed by atoms with E-state index in [1.807, 2.05) is 0 Å². The van der Waals surface area contributed by atoms with Gasteiger partial charge in [-0.25, -0.2) is 9.79 Å². The fourth-order valence-corrected chi connectivity index (χ4v) is 5.64. The highest BCUT2D eigenvalue weighted by Gasteiger charge is 2.34. The van der Waals surface area contributed by atoms with Crippen LogP contribution < -0.4 is 24.4 Å². The van der Waals surface area contributed by atoms with Crippen LogP contribution in [0, 0.1) is 10.1 Å². The van der Waals surface area contributed by atoms with Crippen molar-refractivity contribution in [3.8, 4) is 22.8 Å². The van der Waals surface area contributed by atoms with E-state index in [-0.39, 0.29) is 23.4 Å². The van der Waals surface area contributed by atoms with Gasteiger partial charge < -0.3 is 18.6 Å². The predicted molar refractivity (Wildman–Crippen MR) is 151 cm³/mol. The summed E-state index contributed by atoms with van der Waals surface area (Å²) >= 11 is 1.15. The molecule has 2 aromatic carbocycles. The van der Waals surface area contributed by atoms with Crippen LogP contribution in [0.15, 0.2) is 80.1 Å². The monoisotopic (exact) mass is 575 g/mol. The Morgan fingerprint density at radius 3 is 2.63 bits per heavy atom. The third kappa shape index (κ3) is 5.16. The lowest BCUT2D eigenvalue weighted by Crippen LogP contribution is -2.39. The normalized spacial score (nSPS) is 14.8. The first-order valence-corrected chi connectivity index (χ1v) is 13.3. The molecule has 1 atom stereocenters. The van der Waals surface area contributed by atoms with Gasteiger partial charge in [-0.2, -0.15) is 0 Å². The minimum absolute atomic E-state index is 0.0586. The molecule has 1 unspecified atom stereocenters. The van der Waals surface area contributed by atoms with E-state index in [0.29, 0.717) is 49.2 Å². The molecular weight excluding hydrogens is 550 g/mol. The third-order valence-corrected chi connectivity index (χ3v) is 7.46. The zero-order chi connectivity index (χ0) is 29.3. The van der Waals surface area contributed by atoms with Gasteiger partial charge >= 0.3 is 5.97 Å². The number of rotatable bonds is 8. The molecule has 1 aliphatic rings. The highest BCUT2D eigenvalue weighted by molar-refractivity contribution is 7.07. The van der Waals surface area contributed by atoms with Gasteiger partial charge in [-0.3, -0.25) is 19.5 Å². The number of hydrogen-bond donors (Lipinski definition) is 0. The molecule has 210 valence electrons. The van der Waals surface area contributed by atoms with E-state index in [1.54, 1.807) is 62.4 Å². The minimum atomic E-state index is -0.829. The number of thiazole rings is 1. The molecule has 4 aromatic rings. The maximum absolute atomic E-state index is 13.8. The van der Waals surface area contributed by atoms with E-state index >= 15 is 0 Å². The maximum atomic E-state index is 13.8. The molecule has 0 spiro atoms. The summed E-state index contributed by atoms with van der Waals surface area (Å²) in [7, 11) is 3.03. The van der Waals surface area contributed by atoms with Crippen molar-refractivity contribution in [3.63, 3.8) is 0 Å². The first-order valence-electron chi connectivity index (χ1n) is 12.5. The second kappa shape index (κ2) is 11.3. The number of furan rings is 1. The van der Waals surface area contributed by atoms with E-state index in [1.165, 1.54) is 30.9 Å². The lowest BCUT2D eigenvalue weighted by atomic mass is 9.95. The smallest absolute Gasteiger partial charge is 0.338 e. The number of fused-ring (bicyclic) bond motifs is 1. The number of allylic oxidation sites excluding steroid dienone is 1. The molecule has 5 rings (SSSR count). The van der Waals surface area contributed by atoms with Crippen LogP contribution in [-0.2, 0) is 9.53 Å². The van der Waals surface area contributed by atoms with Crippen molar-refractivity contribution in [1.82, 2.24) is 4.57 Å². The number of hydrogen-bond acceptors (Lipinski definition) is 10. The van der Waals surface area contributed by atoms with Crippen molar-refractivity contribution in [2.24, 2.45) is 4.99 Å². The topological polar surface area (TPSA) is 135 Å². The Morgan fingerprint density at radius 1 is 1.15 bits per heavy atom. The number of non-ortho nitro benzene ring substituents is 1. The van der Waals surface area contributed by atoms with Crippen LogP contribution in [0.25, 0.3) is 17.4 Å². The van der Waals surface area contributed by atoms with Gasteiger partial charge in [-0.1, -0.05) is 29.5 Å². The van der Waals surface area contributed by atoms with Crippen molar-refractivity contribution in [3.05, 3.63) is 107 Å². The average Bonchev–Trinajstić information content (AvgIpc) is 3.56. The number of nitro groups is 1. The van der Waals surface area contributed by atoms with E-state index in [4.69, 9.17) is 18.6 Å². The summed E-state index contributed by atoms with van der Waals surface area (Å²) in [5, 5.41) is 11.2. The van der Waals surface area contributed by atoms with Gasteiger partial charge in [0.1, 0.15) is 11.5 Å². The van der Waals surface area contributed by atoms with Crippen molar-refractivity contribution in [2.45, 2.75) is 19.9 Å². The molecule has 0 bridgehead atoms. The molecule has 2 aromatic heterocycles. The van der Waals surface area contributed by atoms with Crippen LogP contribution in [0.5, 0.6) is 11.5 Å². The summed E-state index contributed by atoms with van der Waals surface area (Å²) in [6.07, 6.45) is 1.58. The van der Waals surface area contributed by atoms with Crippen molar-refractivity contribution < 1.29 is 28.3 Å². The molecule has 0 N–H and O–H groups in total.